The van der Waals surface area contributed by atoms with Crippen LogP contribution in [0.1, 0.15) is 11.4 Å². The molecular formula is C30H21N3O. The van der Waals surface area contributed by atoms with Gasteiger partial charge in [0.1, 0.15) is 17.0 Å². The summed E-state index contributed by atoms with van der Waals surface area (Å²) in [6.45, 7) is 4.06. The van der Waals surface area contributed by atoms with Gasteiger partial charge in [0.25, 0.3) is 0 Å². The molecule has 0 N–H and O–H groups in total. The van der Waals surface area contributed by atoms with Gasteiger partial charge in [-0.2, -0.15) is 0 Å². The number of aromatic nitrogens is 3. The van der Waals surface area contributed by atoms with Crippen LogP contribution in [0.3, 0.4) is 0 Å². The summed E-state index contributed by atoms with van der Waals surface area (Å²) < 4.78 is 8.83. The molecule has 0 fully saturated rings. The van der Waals surface area contributed by atoms with E-state index in [-0.39, 0.29) is 0 Å². The molecule has 0 atom stereocenters. The van der Waals surface area contributed by atoms with Crippen LogP contribution in [0.5, 0.6) is 0 Å². The highest BCUT2D eigenvalue weighted by Crippen LogP contribution is 2.40. The van der Waals surface area contributed by atoms with Gasteiger partial charge in [-0.25, -0.2) is 4.98 Å². The average molecular weight is 440 g/mol. The Morgan fingerprint density at radius 1 is 0.676 bits per heavy atom. The van der Waals surface area contributed by atoms with Gasteiger partial charge in [0.05, 0.1) is 22.3 Å². The van der Waals surface area contributed by atoms with E-state index in [0.29, 0.717) is 0 Å². The van der Waals surface area contributed by atoms with Gasteiger partial charge in [-0.15, -0.1) is 0 Å². The second kappa shape index (κ2) is 7.03. The number of benzene rings is 4. The maximum Gasteiger partial charge on any atom is 0.149 e. The summed E-state index contributed by atoms with van der Waals surface area (Å²) in [7, 11) is 0. The van der Waals surface area contributed by atoms with E-state index >= 15 is 0 Å². The van der Waals surface area contributed by atoms with E-state index in [4.69, 9.17) is 14.4 Å². The molecule has 0 saturated heterocycles. The number of pyridine rings is 1. The van der Waals surface area contributed by atoms with E-state index in [1.165, 1.54) is 5.39 Å². The Morgan fingerprint density at radius 2 is 1.44 bits per heavy atom. The van der Waals surface area contributed by atoms with E-state index in [0.717, 1.165) is 66.8 Å². The highest BCUT2D eigenvalue weighted by molar-refractivity contribution is 6.17. The van der Waals surface area contributed by atoms with Gasteiger partial charge < -0.3 is 4.42 Å². The fraction of sp³-hybridized carbons (Fsp3) is 0.0667. The fourth-order valence-electron chi connectivity index (χ4n) is 5.14. The number of rotatable bonds is 2. The number of hydrogen-bond acceptors (Lipinski definition) is 3. The van der Waals surface area contributed by atoms with Gasteiger partial charge in [-0.3, -0.25) is 9.55 Å². The average Bonchev–Trinajstić information content (AvgIpc) is 3.43. The van der Waals surface area contributed by atoms with Crippen LogP contribution in [0, 0.1) is 13.8 Å². The molecular weight excluding hydrogens is 418 g/mol. The van der Waals surface area contributed by atoms with E-state index < -0.39 is 0 Å². The third-order valence-electron chi connectivity index (χ3n) is 6.58. The van der Waals surface area contributed by atoms with Gasteiger partial charge in [0, 0.05) is 27.5 Å². The van der Waals surface area contributed by atoms with Crippen molar-refractivity contribution in [3.63, 3.8) is 0 Å². The fourth-order valence-corrected chi connectivity index (χ4v) is 5.14. The van der Waals surface area contributed by atoms with Crippen LogP contribution in [0.4, 0.5) is 0 Å². The third kappa shape index (κ3) is 2.66. The van der Waals surface area contributed by atoms with Crippen LogP contribution >= 0.6 is 0 Å². The van der Waals surface area contributed by atoms with E-state index in [9.17, 15) is 0 Å². The second-order valence-electron chi connectivity index (χ2n) is 8.77. The topological polar surface area (TPSA) is 43.9 Å². The largest absolute Gasteiger partial charge is 0.455 e. The molecule has 0 aliphatic carbocycles. The molecule has 7 aromatic rings. The van der Waals surface area contributed by atoms with Crippen molar-refractivity contribution in [2.24, 2.45) is 0 Å². The zero-order valence-electron chi connectivity index (χ0n) is 18.9. The molecule has 0 aliphatic heterocycles. The molecule has 34 heavy (non-hydrogen) atoms. The Labute approximate surface area is 196 Å². The van der Waals surface area contributed by atoms with Gasteiger partial charge in [0.2, 0.25) is 0 Å². The molecule has 0 amide bonds. The smallest absolute Gasteiger partial charge is 0.149 e. The molecule has 4 heteroatoms. The quantitative estimate of drug-likeness (QED) is 0.276. The Morgan fingerprint density at radius 3 is 2.32 bits per heavy atom. The molecule has 0 saturated carbocycles. The summed E-state index contributed by atoms with van der Waals surface area (Å²) in [5, 5.41) is 4.50. The van der Waals surface area contributed by atoms with E-state index in [2.05, 4.69) is 89.5 Å². The first-order chi connectivity index (χ1) is 16.7. The van der Waals surface area contributed by atoms with E-state index in [1.807, 2.05) is 19.9 Å². The van der Waals surface area contributed by atoms with Gasteiger partial charge in [-0.05, 0) is 49.6 Å². The minimum Gasteiger partial charge on any atom is -0.455 e. The lowest BCUT2D eigenvalue weighted by Gasteiger charge is -2.11. The maximum absolute atomic E-state index is 6.62. The Bertz CT molecular complexity index is 1880. The monoisotopic (exact) mass is 439 g/mol. The molecule has 4 aromatic carbocycles. The van der Waals surface area contributed by atoms with Crippen LogP contribution in [0.2, 0.25) is 0 Å². The third-order valence-corrected chi connectivity index (χ3v) is 6.58. The minimum atomic E-state index is 0.851. The molecule has 0 radical (unpaired) electrons. The Balaban J connectivity index is 1.62. The normalized spacial score (nSPS) is 11.8. The number of fused-ring (bicyclic) bond motifs is 6. The SMILES string of the molecule is Cc1cc2nc(-c3cccc4c3oc3c5ccccc5ccc43)n(-c3ccccc3)c2c(C)n1. The minimum absolute atomic E-state index is 0.851. The summed E-state index contributed by atoms with van der Waals surface area (Å²) in [5.74, 6) is 0.852. The Kier molecular flexibility index (Phi) is 3.94. The number of nitrogens with zero attached hydrogens (tertiary/aromatic N) is 3. The van der Waals surface area contributed by atoms with Crippen molar-refractivity contribution in [1.82, 2.24) is 14.5 Å². The molecule has 4 nitrogen and oxygen atoms in total. The maximum atomic E-state index is 6.62. The van der Waals surface area contributed by atoms with Crippen molar-refractivity contribution in [3.8, 4) is 17.1 Å². The zero-order chi connectivity index (χ0) is 22.8. The van der Waals surface area contributed by atoms with Crippen LogP contribution in [0.15, 0.2) is 95.4 Å². The zero-order valence-corrected chi connectivity index (χ0v) is 18.9. The lowest BCUT2D eigenvalue weighted by Crippen LogP contribution is -1.99. The lowest BCUT2D eigenvalue weighted by molar-refractivity contribution is 0.673. The van der Waals surface area contributed by atoms with Crippen molar-refractivity contribution < 1.29 is 4.42 Å². The second-order valence-corrected chi connectivity index (χ2v) is 8.77. The van der Waals surface area contributed by atoms with Crippen molar-refractivity contribution in [2.75, 3.05) is 0 Å². The summed E-state index contributed by atoms with van der Waals surface area (Å²) >= 11 is 0. The summed E-state index contributed by atoms with van der Waals surface area (Å²) in [6, 6.07) is 31.4. The highest BCUT2D eigenvalue weighted by atomic mass is 16.3. The first-order valence-corrected chi connectivity index (χ1v) is 11.4. The molecule has 3 aromatic heterocycles. The summed E-state index contributed by atoms with van der Waals surface area (Å²) in [5.41, 5.74) is 7.65. The van der Waals surface area contributed by atoms with Crippen molar-refractivity contribution >= 4 is 43.7 Å². The van der Waals surface area contributed by atoms with E-state index in [1.54, 1.807) is 0 Å². The van der Waals surface area contributed by atoms with Gasteiger partial charge in [0.15, 0.2) is 0 Å². The first kappa shape index (κ1) is 19.1. The molecule has 7 rings (SSSR count). The standard InChI is InChI=1S/C30H21N3O/c1-18-17-26-27(19(2)31-18)33(21-10-4-3-5-11-21)30(32-26)25-14-8-13-23-24-16-15-20-9-6-7-12-22(20)28(24)34-29(23)25/h3-17H,1-2H3. The van der Waals surface area contributed by atoms with Crippen molar-refractivity contribution in [2.45, 2.75) is 13.8 Å². The molecule has 0 spiro atoms. The molecule has 0 bridgehead atoms. The highest BCUT2D eigenvalue weighted by Gasteiger charge is 2.21. The number of furan rings is 1. The lowest BCUT2D eigenvalue weighted by atomic mass is 10.0. The summed E-state index contributed by atoms with van der Waals surface area (Å²) in [6.07, 6.45) is 0. The first-order valence-electron chi connectivity index (χ1n) is 11.4. The number of para-hydroxylation sites is 2. The predicted octanol–water partition coefficient (Wildman–Crippen LogP) is 7.76. The van der Waals surface area contributed by atoms with Crippen LogP contribution in [0.25, 0.3) is 60.8 Å². The summed E-state index contributed by atoms with van der Waals surface area (Å²) in [4.78, 5) is 9.87. The number of aryl methyl sites for hydroxylation is 2. The van der Waals surface area contributed by atoms with Gasteiger partial charge >= 0.3 is 0 Å². The van der Waals surface area contributed by atoms with Gasteiger partial charge in [-0.1, -0.05) is 60.7 Å². The van der Waals surface area contributed by atoms with Crippen LogP contribution in [-0.2, 0) is 0 Å². The molecule has 0 aliphatic rings. The predicted molar refractivity (Wildman–Crippen MR) is 139 cm³/mol. The number of imidazole rings is 1. The molecule has 0 unspecified atom stereocenters. The van der Waals surface area contributed by atoms with Crippen LogP contribution < -0.4 is 0 Å². The van der Waals surface area contributed by atoms with Crippen molar-refractivity contribution in [3.05, 3.63) is 102 Å². The molecule has 162 valence electrons. The van der Waals surface area contributed by atoms with Crippen molar-refractivity contribution in [1.29, 1.82) is 0 Å². The number of hydrogen-bond donors (Lipinski definition) is 0. The Hall–Kier alpha value is -4.44. The van der Waals surface area contributed by atoms with Crippen LogP contribution in [-0.4, -0.2) is 14.5 Å². The molecule has 3 heterocycles.